The fraction of sp³-hybridized carbons (Fsp3) is 0.900. The molecule has 0 aromatic rings. The summed E-state index contributed by atoms with van der Waals surface area (Å²) >= 11 is 0. The van der Waals surface area contributed by atoms with E-state index in [0.717, 1.165) is 13.1 Å². The van der Waals surface area contributed by atoms with Crippen molar-refractivity contribution in [2.45, 2.75) is 31.5 Å². The van der Waals surface area contributed by atoms with Gasteiger partial charge in [-0.15, -0.1) is 0 Å². The average Bonchev–Trinajstić information content (AvgIpc) is 2.84. The maximum absolute atomic E-state index is 13.5. The Morgan fingerprint density at radius 1 is 1.43 bits per heavy atom. The van der Waals surface area contributed by atoms with Crippen LogP contribution in [0.15, 0.2) is 0 Å². The van der Waals surface area contributed by atoms with Gasteiger partial charge in [0, 0.05) is 25.7 Å². The highest BCUT2D eigenvalue weighted by Crippen LogP contribution is 2.41. The number of alkyl halides is 1. The molecule has 1 heterocycles. The van der Waals surface area contributed by atoms with Crippen LogP contribution < -0.4 is 0 Å². The standard InChI is InChI=1S/C10H17FN2O/c1-8-7-12(2)5-6-13(8)9(14)10(11)3-4-10/h8H,3-7H2,1-2H3. The van der Waals surface area contributed by atoms with Gasteiger partial charge in [0.1, 0.15) is 0 Å². The van der Waals surface area contributed by atoms with E-state index in [9.17, 15) is 9.18 Å². The number of nitrogens with zero attached hydrogens (tertiary/aromatic N) is 2. The highest BCUT2D eigenvalue weighted by Gasteiger charge is 2.53. The molecule has 1 saturated carbocycles. The first kappa shape index (κ1) is 9.90. The van der Waals surface area contributed by atoms with Gasteiger partial charge in [-0.3, -0.25) is 4.79 Å². The fourth-order valence-corrected chi connectivity index (χ4v) is 2.02. The molecule has 1 unspecified atom stereocenters. The van der Waals surface area contributed by atoms with Crippen LogP contribution in [0.1, 0.15) is 19.8 Å². The zero-order valence-electron chi connectivity index (χ0n) is 8.79. The van der Waals surface area contributed by atoms with Crippen molar-refractivity contribution in [3.63, 3.8) is 0 Å². The van der Waals surface area contributed by atoms with Crippen LogP contribution in [0.3, 0.4) is 0 Å². The Hall–Kier alpha value is -0.640. The number of rotatable bonds is 1. The lowest BCUT2D eigenvalue weighted by atomic mass is 10.1. The van der Waals surface area contributed by atoms with E-state index in [2.05, 4.69) is 4.90 Å². The van der Waals surface area contributed by atoms with E-state index in [1.807, 2.05) is 14.0 Å². The number of carbonyl (C=O) groups is 1. The third kappa shape index (κ3) is 1.63. The van der Waals surface area contributed by atoms with Crippen molar-refractivity contribution in [2.75, 3.05) is 26.7 Å². The van der Waals surface area contributed by atoms with Crippen molar-refractivity contribution in [1.82, 2.24) is 9.80 Å². The maximum atomic E-state index is 13.5. The summed E-state index contributed by atoms with van der Waals surface area (Å²) in [4.78, 5) is 15.6. The van der Waals surface area contributed by atoms with Crippen LogP contribution in [-0.2, 0) is 4.79 Å². The molecule has 0 spiro atoms. The molecule has 3 nitrogen and oxygen atoms in total. The van der Waals surface area contributed by atoms with Crippen LogP contribution in [-0.4, -0.2) is 54.1 Å². The van der Waals surface area contributed by atoms with Gasteiger partial charge in [-0.25, -0.2) is 4.39 Å². The molecular formula is C10H17FN2O. The molecule has 1 saturated heterocycles. The Labute approximate surface area is 83.9 Å². The van der Waals surface area contributed by atoms with Crippen molar-refractivity contribution >= 4 is 5.91 Å². The lowest BCUT2D eigenvalue weighted by molar-refractivity contribution is -0.142. The summed E-state index contributed by atoms with van der Waals surface area (Å²) in [5, 5.41) is 0. The van der Waals surface area contributed by atoms with Gasteiger partial charge in [-0.1, -0.05) is 0 Å². The van der Waals surface area contributed by atoms with E-state index in [1.54, 1.807) is 4.90 Å². The molecule has 0 aromatic heterocycles. The van der Waals surface area contributed by atoms with Crippen LogP contribution in [0.25, 0.3) is 0 Å². The Balaban J connectivity index is 2.00. The first-order chi connectivity index (χ1) is 6.53. The molecule has 2 fully saturated rings. The lowest BCUT2D eigenvalue weighted by Gasteiger charge is -2.38. The van der Waals surface area contributed by atoms with Gasteiger partial charge in [0.25, 0.3) is 5.91 Å². The monoisotopic (exact) mass is 200 g/mol. The Morgan fingerprint density at radius 2 is 2.07 bits per heavy atom. The molecule has 0 N–H and O–H groups in total. The molecule has 2 aliphatic rings. The first-order valence-corrected chi connectivity index (χ1v) is 5.21. The highest BCUT2D eigenvalue weighted by molar-refractivity contribution is 5.88. The molecule has 1 amide bonds. The second kappa shape index (κ2) is 3.19. The topological polar surface area (TPSA) is 23.6 Å². The first-order valence-electron chi connectivity index (χ1n) is 5.21. The van der Waals surface area contributed by atoms with Gasteiger partial charge in [0.2, 0.25) is 0 Å². The maximum Gasteiger partial charge on any atom is 0.260 e. The minimum Gasteiger partial charge on any atom is -0.335 e. The van der Waals surface area contributed by atoms with Gasteiger partial charge < -0.3 is 9.80 Å². The Morgan fingerprint density at radius 3 is 2.57 bits per heavy atom. The van der Waals surface area contributed by atoms with Crippen molar-refractivity contribution in [3.8, 4) is 0 Å². The average molecular weight is 200 g/mol. The minimum atomic E-state index is -1.50. The number of hydrogen-bond donors (Lipinski definition) is 0. The number of hydrogen-bond acceptors (Lipinski definition) is 2. The molecule has 80 valence electrons. The van der Waals surface area contributed by atoms with E-state index >= 15 is 0 Å². The van der Waals surface area contributed by atoms with Gasteiger partial charge in [-0.05, 0) is 26.8 Å². The van der Waals surface area contributed by atoms with E-state index in [0.29, 0.717) is 19.4 Å². The SMILES string of the molecule is CC1CN(C)CCN1C(=O)C1(F)CC1. The number of carbonyl (C=O) groups excluding carboxylic acids is 1. The summed E-state index contributed by atoms with van der Waals surface area (Å²) in [7, 11) is 2.03. The molecule has 0 bridgehead atoms. The van der Waals surface area contributed by atoms with Crippen LogP contribution in [0, 0.1) is 0 Å². The molecule has 2 rings (SSSR count). The summed E-state index contributed by atoms with van der Waals surface area (Å²) in [6, 6.07) is 0.148. The second-order valence-electron chi connectivity index (χ2n) is 4.58. The van der Waals surface area contributed by atoms with Gasteiger partial charge >= 0.3 is 0 Å². The van der Waals surface area contributed by atoms with Crippen LogP contribution in [0.2, 0.25) is 0 Å². The van der Waals surface area contributed by atoms with E-state index in [-0.39, 0.29) is 11.9 Å². The van der Waals surface area contributed by atoms with E-state index in [4.69, 9.17) is 0 Å². The van der Waals surface area contributed by atoms with Gasteiger partial charge in [-0.2, -0.15) is 0 Å². The molecular weight excluding hydrogens is 183 g/mol. The number of amides is 1. The molecule has 14 heavy (non-hydrogen) atoms. The van der Waals surface area contributed by atoms with Crippen molar-refractivity contribution in [3.05, 3.63) is 0 Å². The zero-order chi connectivity index (χ0) is 10.3. The number of piperazine rings is 1. The quantitative estimate of drug-likeness (QED) is 0.620. The zero-order valence-corrected chi connectivity index (χ0v) is 8.79. The van der Waals surface area contributed by atoms with Crippen LogP contribution >= 0.6 is 0 Å². The van der Waals surface area contributed by atoms with Crippen molar-refractivity contribution in [1.29, 1.82) is 0 Å². The third-order valence-electron chi connectivity index (χ3n) is 3.16. The molecule has 1 aliphatic heterocycles. The van der Waals surface area contributed by atoms with Crippen LogP contribution in [0.4, 0.5) is 4.39 Å². The smallest absolute Gasteiger partial charge is 0.260 e. The highest BCUT2D eigenvalue weighted by atomic mass is 19.1. The van der Waals surface area contributed by atoms with Crippen molar-refractivity contribution in [2.24, 2.45) is 0 Å². The fourth-order valence-electron chi connectivity index (χ4n) is 2.02. The van der Waals surface area contributed by atoms with Gasteiger partial charge in [0.05, 0.1) is 0 Å². The Kier molecular flexibility index (Phi) is 2.26. The summed E-state index contributed by atoms with van der Waals surface area (Å²) in [6.45, 7) is 4.36. The molecule has 1 atom stereocenters. The van der Waals surface area contributed by atoms with Crippen molar-refractivity contribution < 1.29 is 9.18 Å². The largest absolute Gasteiger partial charge is 0.335 e. The number of halogens is 1. The predicted octanol–water partition coefficient (Wildman–Crippen LogP) is 0.651. The Bertz CT molecular complexity index is 253. The van der Waals surface area contributed by atoms with E-state index < -0.39 is 5.67 Å². The third-order valence-corrected chi connectivity index (χ3v) is 3.16. The normalized spacial score (nSPS) is 31.6. The summed E-state index contributed by atoms with van der Waals surface area (Å²) < 4.78 is 13.5. The minimum absolute atomic E-state index is 0.148. The summed E-state index contributed by atoms with van der Waals surface area (Å²) in [5.74, 6) is -0.280. The van der Waals surface area contributed by atoms with Gasteiger partial charge in [0.15, 0.2) is 5.67 Å². The summed E-state index contributed by atoms with van der Waals surface area (Å²) in [5.41, 5.74) is -1.50. The molecule has 4 heteroatoms. The number of likely N-dealkylation sites (N-methyl/N-ethyl adjacent to an activating group) is 1. The second-order valence-corrected chi connectivity index (χ2v) is 4.58. The van der Waals surface area contributed by atoms with Crippen LogP contribution in [0.5, 0.6) is 0 Å². The summed E-state index contributed by atoms with van der Waals surface area (Å²) in [6.07, 6.45) is 0.843. The predicted molar refractivity (Wildman–Crippen MR) is 51.7 cm³/mol. The molecule has 0 radical (unpaired) electrons. The van der Waals surface area contributed by atoms with E-state index in [1.165, 1.54) is 0 Å². The molecule has 0 aromatic carbocycles. The molecule has 1 aliphatic carbocycles. The lowest BCUT2D eigenvalue weighted by Crippen LogP contribution is -2.55.